The quantitative estimate of drug-likeness (QED) is 0.421. The molecule has 1 unspecified atom stereocenters. The highest BCUT2D eigenvalue weighted by atomic mass is 127. The molecule has 0 saturated carbocycles. The van der Waals surface area contributed by atoms with Gasteiger partial charge in [0.15, 0.2) is 5.96 Å². The molecule has 0 amide bonds. The Bertz CT molecular complexity index is 408. The summed E-state index contributed by atoms with van der Waals surface area (Å²) in [5, 5.41) is 11.1. The fourth-order valence-corrected chi connectivity index (χ4v) is 3.16. The van der Waals surface area contributed by atoms with Crippen molar-refractivity contribution in [3.8, 4) is 0 Å². The van der Waals surface area contributed by atoms with Gasteiger partial charge in [0.25, 0.3) is 0 Å². The van der Waals surface area contributed by atoms with Crippen LogP contribution in [0.3, 0.4) is 0 Å². The summed E-state index contributed by atoms with van der Waals surface area (Å²) in [4.78, 5) is 7.16. The van der Waals surface area contributed by atoms with Crippen LogP contribution in [0.1, 0.15) is 25.8 Å². The van der Waals surface area contributed by atoms with Crippen LogP contribution in [0.25, 0.3) is 0 Å². The first-order valence-electron chi connectivity index (χ1n) is 7.57. The van der Waals surface area contributed by atoms with E-state index in [1.54, 1.807) is 11.3 Å². The summed E-state index contributed by atoms with van der Waals surface area (Å²) in [6.07, 6.45) is 1.30. The van der Waals surface area contributed by atoms with E-state index in [9.17, 15) is 0 Å². The average Bonchev–Trinajstić information content (AvgIpc) is 3.13. The molecule has 1 aromatic rings. The minimum absolute atomic E-state index is 0. The lowest BCUT2D eigenvalue weighted by Gasteiger charge is -2.16. The van der Waals surface area contributed by atoms with Crippen molar-refractivity contribution in [2.24, 2.45) is 10.9 Å². The summed E-state index contributed by atoms with van der Waals surface area (Å²) in [5.41, 5.74) is 1.28. The zero-order chi connectivity index (χ0) is 14.2. The van der Waals surface area contributed by atoms with Gasteiger partial charge in [-0.3, -0.25) is 0 Å². The summed E-state index contributed by atoms with van der Waals surface area (Å²) in [6.45, 7) is 10.7. The molecule has 1 aliphatic rings. The molecule has 0 spiro atoms. The first-order chi connectivity index (χ1) is 9.81. The molecule has 0 aliphatic carbocycles. The predicted octanol–water partition coefficient (Wildman–Crippen LogP) is 2.76. The normalized spacial score (nSPS) is 19.3. The summed E-state index contributed by atoms with van der Waals surface area (Å²) >= 11 is 1.73. The van der Waals surface area contributed by atoms with Crippen molar-refractivity contribution in [3.63, 3.8) is 0 Å². The molecule has 2 rings (SSSR count). The number of halogens is 1. The van der Waals surface area contributed by atoms with Crippen LogP contribution in [-0.2, 0) is 6.54 Å². The highest BCUT2D eigenvalue weighted by molar-refractivity contribution is 14.0. The van der Waals surface area contributed by atoms with Gasteiger partial charge < -0.3 is 15.5 Å². The minimum atomic E-state index is 0. The van der Waals surface area contributed by atoms with E-state index in [1.807, 2.05) is 0 Å². The van der Waals surface area contributed by atoms with Crippen molar-refractivity contribution >= 4 is 41.3 Å². The highest BCUT2D eigenvalue weighted by Gasteiger charge is 2.20. The van der Waals surface area contributed by atoms with Gasteiger partial charge in [-0.1, -0.05) is 6.92 Å². The SMILES string of the molecule is CCNC(=NCc1ccsc1)NCC1CCN(CC)C1.I. The Kier molecular flexibility index (Phi) is 9.26. The number of hydrogen-bond acceptors (Lipinski definition) is 3. The zero-order valence-corrected chi connectivity index (χ0v) is 16.1. The Balaban J connectivity index is 0.00000220. The van der Waals surface area contributed by atoms with Crippen LogP contribution < -0.4 is 10.6 Å². The molecule has 2 N–H and O–H groups in total. The Morgan fingerprint density at radius 2 is 2.29 bits per heavy atom. The lowest BCUT2D eigenvalue weighted by Crippen LogP contribution is -2.40. The number of thiophene rings is 1. The molecule has 1 atom stereocenters. The van der Waals surface area contributed by atoms with Gasteiger partial charge in [0.1, 0.15) is 0 Å². The van der Waals surface area contributed by atoms with E-state index in [4.69, 9.17) is 0 Å². The second-order valence-corrected chi connectivity index (χ2v) is 6.04. The standard InChI is InChI=1S/C15H26N4S.HI/c1-3-16-15(18-10-14-6-8-20-12-14)17-9-13-5-7-19(4-2)11-13;/h6,8,12-13H,3-5,7,9-11H2,1-2H3,(H2,16,17,18);1H. The fourth-order valence-electron chi connectivity index (χ4n) is 2.50. The van der Waals surface area contributed by atoms with E-state index in [0.717, 1.165) is 31.5 Å². The first-order valence-corrected chi connectivity index (χ1v) is 8.51. The van der Waals surface area contributed by atoms with E-state index in [0.29, 0.717) is 0 Å². The topological polar surface area (TPSA) is 39.7 Å². The third kappa shape index (κ3) is 6.52. The maximum absolute atomic E-state index is 4.64. The van der Waals surface area contributed by atoms with Gasteiger partial charge in [0.2, 0.25) is 0 Å². The van der Waals surface area contributed by atoms with Gasteiger partial charge in [0.05, 0.1) is 6.54 Å². The first kappa shape index (κ1) is 18.7. The van der Waals surface area contributed by atoms with Crippen molar-refractivity contribution in [3.05, 3.63) is 22.4 Å². The third-order valence-corrected chi connectivity index (χ3v) is 4.45. The number of nitrogens with zero attached hydrogens (tertiary/aromatic N) is 2. The fraction of sp³-hybridized carbons (Fsp3) is 0.667. The molecule has 4 nitrogen and oxygen atoms in total. The Morgan fingerprint density at radius 3 is 2.90 bits per heavy atom. The number of aliphatic imine (C=N–C) groups is 1. The van der Waals surface area contributed by atoms with E-state index in [2.05, 4.69) is 51.2 Å². The van der Waals surface area contributed by atoms with E-state index >= 15 is 0 Å². The maximum Gasteiger partial charge on any atom is 0.191 e. The summed E-state index contributed by atoms with van der Waals surface area (Å²) in [7, 11) is 0. The Labute approximate surface area is 149 Å². The van der Waals surface area contributed by atoms with Gasteiger partial charge in [-0.2, -0.15) is 11.3 Å². The number of hydrogen-bond donors (Lipinski definition) is 2. The van der Waals surface area contributed by atoms with Crippen molar-refractivity contribution in [2.45, 2.75) is 26.8 Å². The van der Waals surface area contributed by atoms with Crippen molar-refractivity contribution in [2.75, 3.05) is 32.7 Å². The van der Waals surface area contributed by atoms with Gasteiger partial charge in [-0.25, -0.2) is 4.99 Å². The van der Waals surface area contributed by atoms with Crippen LogP contribution in [0.15, 0.2) is 21.8 Å². The molecular formula is C15H27IN4S. The van der Waals surface area contributed by atoms with E-state index < -0.39 is 0 Å². The summed E-state index contributed by atoms with van der Waals surface area (Å²) in [6, 6.07) is 2.13. The van der Waals surface area contributed by atoms with Crippen molar-refractivity contribution in [1.82, 2.24) is 15.5 Å². The molecule has 120 valence electrons. The molecule has 1 aromatic heterocycles. The Hall–Kier alpha value is -0.340. The molecule has 1 aliphatic heterocycles. The van der Waals surface area contributed by atoms with E-state index in [-0.39, 0.29) is 24.0 Å². The second kappa shape index (κ2) is 10.4. The van der Waals surface area contributed by atoms with E-state index in [1.165, 1.54) is 31.6 Å². The number of rotatable bonds is 6. The zero-order valence-electron chi connectivity index (χ0n) is 13.0. The Morgan fingerprint density at radius 1 is 1.43 bits per heavy atom. The van der Waals surface area contributed by atoms with Crippen molar-refractivity contribution < 1.29 is 0 Å². The molecule has 0 radical (unpaired) electrons. The highest BCUT2D eigenvalue weighted by Crippen LogP contribution is 2.14. The number of likely N-dealkylation sites (tertiary alicyclic amines) is 1. The van der Waals surface area contributed by atoms with Crippen LogP contribution in [0.2, 0.25) is 0 Å². The summed E-state index contributed by atoms with van der Waals surface area (Å²) in [5.74, 6) is 1.69. The van der Waals surface area contributed by atoms with Crippen LogP contribution in [0.4, 0.5) is 0 Å². The molecule has 0 bridgehead atoms. The molecule has 21 heavy (non-hydrogen) atoms. The van der Waals surface area contributed by atoms with Crippen LogP contribution in [-0.4, -0.2) is 43.6 Å². The molecule has 6 heteroatoms. The average molecular weight is 422 g/mol. The maximum atomic E-state index is 4.64. The lowest BCUT2D eigenvalue weighted by atomic mass is 10.1. The molecule has 1 saturated heterocycles. The molecular weight excluding hydrogens is 395 g/mol. The monoisotopic (exact) mass is 422 g/mol. The summed E-state index contributed by atoms with van der Waals surface area (Å²) < 4.78 is 0. The predicted molar refractivity (Wildman–Crippen MR) is 103 cm³/mol. The minimum Gasteiger partial charge on any atom is -0.357 e. The van der Waals surface area contributed by atoms with Gasteiger partial charge >= 0.3 is 0 Å². The second-order valence-electron chi connectivity index (χ2n) is 5.26. The molecule has 0 aromatic carbocycles. The van der Waals surface area contributed by atoms with Gasteiger partial charge in [0, 0.05) is 19.6 Å². The van der Waals surface area contributed by atoms with Crippen LogP contribution in [0, 0.1) is 5.92 Å². The third-order valence-electron chi connectivity index (χ3n) is 3.72. The van der Waals surface area contributed by atoms with Gasteiger partial charge in [-0.15, -0.1) is 24.0 Å². The molecule has 2 heterocycles. The molecule has 1 fully saturated rings. The smallest absolute Gasteiger partial charge is 0.191 e. The largest absolute Gasteiger partial charge is 0.357 e. The number of guanidine groups is 1. The van der Waals surface area contributed by atoms with Crippen molar-refractivity contribution in [1.29, 1.82) is 0 Å². The van der Waals surface area contributed by atoms with Crippen LogP contribution >= 0.6 is 35.3 Å². The van der Waals surface area contributed by atoms with Gasteiger partial charge in [-0.05, 0) is 54.7 Å². The lowest BCUT2D eigenvalue weighted by molar-refractivity contribution is 0.342. The number of nitrogens with one attached hydrogen (secondary N) is 2. The van der Waals surface area contributed by atoms with Crippen LogP contribution in [0.5, 0.6) is 0 Å².